The number of hydrogen-bond acceptors (Lipinski definition) is 6. The Morgan fingerprint density at radius 1 is 1.04 bits per heavy atom. The van der Waals surface area contributed by atoms with Crippen LogP contribution in [0.15, 0.2) is 0 Å². The summed E-state index contributed by atoms with van der Waals surface area (Å²) in [4.78, 5) is 37.1. The molecular weight excluding hydrogens is 320 g/mol. The zero-order chi connectivity index (χ0) is 18.4. The highest BCUT2D eigenvalue weighted by molar-refractivity contribution is 5.95. The van der Waals surface area contributed by atoms with Gasteiger partial charge < -0.3 is 20.4 Å². The van der Waals surface area contributed by atoms with E-state index in [2.05, 4.69) is 37.4 Å². The van der Waals surface area contributed by atoms with E-state index in [1.807, 2.05) is 20.8 Å². The minimum absolute atomic E-state index is 0.0437. The summed E-state index contributed by atoms with van der Waals surface area (Å²) in [6, 6.07) is 0. The van der Waals surface area contributed by atoms with Gasteiger partial charge in [0.05, 0.1) is 23.6 Å². The van der Waals surface area contributed by atoms with E-state index in [1.54, 1.807) is 0 Å². The molecule has 1 aromatic rings. The molecule has 0 saturated carbocycles. The van der Waals surface area contributed by atoms with Crippen molar-refractivity contribution in [2.75, 3.05) is 50.0 Å². The number of nitrogens with zero attached hydrogens (tertiary/aromatic N) is 4. The van der Waals surface area contributed by atoms with Gasteiger partial charge in [0, 0.05) is 32.6 Å². The second kappa shape index (κ2) is 8.75. The summed E-state index contributed by atoms with van der Waals surface area (Å²) in [5.41, 5.74) is 2.08. The predicted molar refractivity (Wildman–Crippen MR) is 97.8 cm³/mol. The first-order valence-electron chi connectivity index (χ1n) is 8.76. The Morgan fingerprint density at radius 3 is 2.20 bits per heavy atom. The van der Waals surface area contributed by atoms with E-state index in [0.29, 0.717) is 18.1 Å². The first kappa shape index (κ1) is 19.1. The van der Waals surface area contributed by atoms with E-state index in [4.69, 9.17) is 0 Å². The van der Waals surface area contributed by atoms with Crippen molar-refractivity contribution in [1.82, 2.24) is 20.2 Å². The molecule has 1 aliphatic heterocycles. The van der Waals surface area contributed by atoms with Crippen LogP contribution in [0.25, 0.3) is 0 Å². The molecule has 2 rings (SSSR count). The number of likely N-dealkylation sites (N-methyl/N-ethyl adjacent to an activating group) is 1. The lowest BCUT2D eigenvalue weighted by molar-refractivity contribution is -0.124. The Kier molecular flexibility index (Phi) is 6.69. The van der Waals surface area contributed by atoms with Crippen LogP contribution < -0.4 is 15.5 Å². The maximum Gasteiger partial charge on any atom is 0.243 e. The lowest BCUT2D eigenvalue weighted by Gasteiger charge is -2.32. The number of aryl methyl sites for hydroxylation is 2. The molecule has 1 fully saturated rings. The fraction of sp³-hybridized carbons (Fsp3) is 0.647. The fourth-order valence-electron chi connectivity index (χ4n) is 2.71. The SMILES string of the molecule is CCCC(=O)NCC(=O)Nc1c(C)nc(N2CCN(C)CC2)nc1C. The molecule has 0 radical (unpaired) electrons. The minimum atomic E-state index is -0.272. The highest BCUT2D eigenvalue weighted by atomic mass is 16.2. The summed E-state index contributed by atoms with van der Waals surface area (Å²) in [6.07, 6.45) is 1.18. The molecule has 8 nitrogen and oxygen atoms in total. The third kappa shape index (κ3) is 5.38. The second-order valence-electron chi connectivity index (χ2n) is 6.43. The first-order chi connectivity index (χ1) is 11.9. The zero-order valence-electron chi connectivity index (χ0n) is 15.6. The van der Waals surface area contributed by atoms with E-state index in [1.165, 1.54) is 0 Å². The number of nitrogens with one attached hydrogen (secondary N) is 2. The molecule has 1 saturated heterocycles. The molecule has 25 heavy (non-hydrogen) atoms. The average Bonchev–Trinajstić information content (AvgIpc) is 2.57. The number of rotatable bonds is 6. The van der Waals surface area contributed by atoms with Crippen molar-refractivity contribution >= 4 is 23.5 Å². The summed E-state index contributed by atoms with van der Waals surface area (Å²) in [7, 11) is 2.10. The summed E-state index contributed by atoms with van der Waals surface area (Å²) >= 11 is 0. The number of carbonyl (C=O) groups is 2. The standard InChI is InChI=1S/C17H28N6O2/c1-5-6-14(24)18-11-15(25)21-16-12(2)19-17(20-13(16)3)23-9-7-22(4)8-10-23/h5-11H2,1-4H3,(H,18,24)(H,21,25). The number of piperazine rings is 1. The Labute approximate surface area is 149 Å². The molecular formula is C17H28N6O2. The van der Waals surface area contributed by atoms with Crippen molar-refractivity contribution in [2.45, 2.75) is 33.6 Å². The molecule has 1 aromatic heterocycles. The average molecular weight is 348 g/mol. The molecule has 2 amide bonds. The summed E-state index contributed by atoms with van der Waals surface area (Å²) in [5.74, 6) is 0.316. The molecule has 1 aliphatic rings. The summed E-state index contributed by atoms with van der Waals surface area (Å²) in [5, 5.41) is 5.41. The van der Waals surface area contributed by atoms with Crippen molar-refractivity contribution in [3.05, 3.63) is 11.4 Å². The van der Waals surface area contributed by atoms with Gasteiger partial charge in [-0.2, -0.15) is 0 Å². The van der Waals surface area contributed by atoms with Gasteiger partial charge in [0.1, 0.15) is 0 Å². The first-order valence-corrected chi connectivity index (χ1v) is 8.76. The third-order valence-corrected chi connectivity index (χ3v) is 4.23. The van der Waals surface area contributed by atoms with Crippen molar-refractivity contribution in [3.63, 3.8) is 0 Å². The molecule has 0 spiro atoms. The zero-order valence-corrected chi connectivity index (χ0v) is 15.6. The van der Waals surface area contributed by atoms with Gasteiger partial charge in [0.2, 0.25) is 17.8 Å². The number of hydrogen-bond donors (Lipinski definition) is 2. The van der Waals surface area contributed by atoms with Gasteiger partial charge in [0.25, 0.3) is 0 Å². The van der Waals surface area contributed by atoms with Gasteiger partial charge in [-0.05, 0) is 27.3 Å². The van der Waals surface area contributed by atoms with Gasteiger partial charge in [-0.1, -0.05) is 6.92 Å². The smallest absolute Gasteiger partial charge is 0.243 e. The topological polar surface area (TPSA) is 90.5 Å². The van der Waals surface area contributed by atoms with Crippen molar-refractivity contribution in [1.29, 1.82) is 0 Å². The highest BCUT2D eigenvalue weighted by Gasteiger charge is 2.19. The van der Waals surface area contributed by atoms with Crippen LogP contribution in [0.3, 0.4) is 0 Å². The summed E-state index contributed by atoms with van der Waals surface area (Å²) in [6.45, 7) is 9.35. The normalized spacial score (nSPS) is 15.1. The van der Waals surface area contributed by atoms with E-state index in [9.17, 15) is 9.59 Å². The molecule has 0 bridgehead atoms. The molecule has 0 aromatic carbocycles. The Bertz CT molecular complexity index is 603. The van der Waals surface area contributed by atoms with Gasteiger partial charge in [0.15, 0.2) is 0 Å². The Morgan fingerprint density at radius 2 is 1.64 bits per heavy atom. The maximum absolute atomic E-state index is 12.1. The molecule has 0 aliphatic carbocycles. The van der Waals surface area contributed by atoms with Gasteiger partial charge in [-0.25, -0.2) is 9.97 Å². The summed E-state index contributed by atoms with van der Waals surface area (Å²) < 4.78 is 0. The van der Waals surface area contributed by atoms with Crippen LogP contribution in [-0.4, -0.2) is 66.5 Å². The predicted octanol–water partition coefficient (Wildman–Crippen LogP) is 0.700. The van der Waals surface area contributed by atoms with Gasteiger partial charge >= 0.3 is 0 Å². The van der Waals surface area contributed by atoms with Crippen LogP contribution in [-0.2, 0) is 9.59 Å². The maximum atomic E-state index is 12.1. The van der Waals surface area contributed by atoms with Crippen LogP contribution in [0.5, 0.6) is 0 Å². The highest BCUT2D eigenvalue weighted by Crippen LogP contribution is 2.21. The Balaban J connectivity index is 1.99. The van der Waals surface area contributed by atoms with Crippen molar-refractivity contribution in [2.24, 2.45) is 0 Å². The van der Waals surface area contributed by atoms with Crippen molar-refractivity contribution < 1.29 is 9.59 Å². The molecule has 0 atom stereocenters. The Hall–Kier alpha value is -2.22. The van der Waals surface area contributed by atoms with Crippen LogP contribution in [0.2, 0.25) is 0 Å². The quantitative estimate of drug-likeness (QED) is 0.786. The number of aromatic nitrogens is 2. The molecule has 2 heterocycles. The number of anilines is 2. The van der Waals surface area contributed by atoms with Gasteiger partial charge in [-0.3, -0.25) is 9.59 Å². The number of carbonyl (C=O) groups excluding carboxylic acids is 2. The van der Waals surface area contributed by atoms with E-state index >= 15 is 0 Å². The largest absolute Gasteiger partial charge is 0.347 e. The van der Waals surface area contributed by atoms with Crippen LogP contribution in [0, 0.1) is 13.8 Å². The monoisotopic (exact) mass is 348 g/mol. The lowest BCUT2D eigenvalue weighted by Crippen LogP contribution is -2.45. The minimum Gasteiger partial charge on any atom is -0.347 e. The van der Waals surface area contributed by atoms with Crippen LogP contribution >= 0.6 is 0 Å². The lowest BCUT2D eigenvalue weighted by atomic mass is 10.2. The van der Waals surface area contributed by atoms with E-state index in [-0.39, 0.29) is 18.4 Å². The van der Waals surface area contributed by atoms with Gasteiger partial charge in [-0.15, -0.1) is 0 Å². The van der Waals surface area contributed by atoms with Crippen LogP contribution in [0.4, 0.5) is 11.6 Å². The number of amides is 2. The molecule has 8 heteroatoms. The fourth-order valence-corrected chi connectivity index (χ4v) is 2.71. The van der Waals surface area contributed by atoms with Crippen molar-refractivity contribution in [3.8, 4) is 0 Å². The van der Waals surface area contributed by atoms with E-state index < -0.39 is 0 Å². The second-order valence-corrected chi connectivity index (χ2v) is 6.43. The third-order valence-electron chi connectivity index (χ3n) is 4.23. The molecule has 0 unspecified atom stereocenters. The molecule has 2 N–H and O–H groups in total. The van der Waals surface area contributed by atoms with E-state index in [0.717, 1.165) is 44.0 Å². The van der Waals surface area contributed by atoms with Crippen LogP contribution in [0.1, 0.15) is 31.2 Å². The molecule has 138 valence electrons.